The molecule has 2 aliphatic rings. The zero-order chi connectivity index (χ0) is 22.3. The van der Waals surface area contributed by atoms with Crippen LogP contribution in [-0.4, -0.2) is 44.4 Å². The van der Waals surface area contributed by atoms with E-state index in [0.29, 0.717) is 24.7 Å². The van der Waals surface area contributed by atoms with Crippen molar-refractivity contribution in [1.29, 1.82) is 0 Å². The van der Waals surface area contributed by atoms with Gasteiger partial charge in [-0.15, -0.1) is 0 Å². The van der Waals surface area contributed by atoms with Gasteiger partial charge in [-0.25, -0.2) is 14.1 Å². The highest BCUT2D eigenvalue weighted by atomic mass is 19.1. The van der Waals surface area contributed by atoms with Gasteiger partial charge >= 0.3 is 11.1 Å². The molecule has 1 saturated heterocycles. The fraction of sp³-hybridized carbons (Fsp3) is 0.391. The van der Waals surface area contributed by atoms with E-state index in [1.807, 2.05) is 12.1 Å². The molecule has 8 nitrogen and oxygen atoms in total. The van der Waals surface area contributed by atoms with E-state index >= 15 is 0 Å². The maximum absolute atomic E-state index is 13.2. The first-order chi connectivity index (χ1) is 15.5. The van der Waals surface area contributed by atoms with Crippen molar-refractivity contribution in [3.63, 3.8) is 0 Å². The summed E-state index contributed by atoms with van der Waals surface area (Å²) in [5.41, 5.74) is 0.439. The number of likely N-dealkylation sites (tertiary alicyclic amines) is 1. The lowest BCUT2D eigenvalue weighted by Crippen LogP contribution is -2.43. The molecule has 2 aromatic heterocycles. The molecule has 0 saturated carbocycles. The van der Waals surface area contributed by atoms with Gasteiger partial charge in [-0.3, -0.25) is 19.1 Å². The van der Waals surface area contributed by atoms with E-state index in [2.05, 4.69) is 15.0 Å². The number of pyridine rings is 1. The van der Waals surface area contributed by atoms with Crippen molar-refractivity contribution >= 4 is 0 Å². The summed E-state index contributed by atoms with van der Waals surface area (Å²) in [7, 11) is 1.62. The molecule has 0 unspecified atom stereocenters. The molecular weight excluding hydrogens is 413 g/mol. The van der Waals surface area contributed by atoms with E-state index in [0.717, 1.165) is 37.2 Å². The van der Waals surface area contributed by atoms with E-state index in [-0.39, 0.29) is 17.8 Å². The molecular formula is C23H24FN5O3. The molecule has 32 heavy (non-hydrogen) atoms. The molecule has 0 aliphatic carbocycles. The van der Waals surface area contributed by atoms with Crippen LogP contribution in [0.2, 0.25) is 0 Å². The van der Waals surface area contributed by atoms with Gasteiger partial charge in [-0.05, 0) is 36.7 Å². The van der Waals surface area contributed by atoms with Gasteiger partial charge in [0.15, 0.2) is 0 Å². The number of hydrogen-bond donors (Lipinski definition) is 0. The van der Waals surface area contributed by atoms with Crippen molar-refractivity contribution in [2.75, 3.05) is 20.2 Å². The van der Waals surface area contributed by atoms with Gasteiger partial charge in [0, 0.05) is 43.2 Å². The van der Waals surface area contributed by atoms with Crippen LogP contribution < -0.4 is 15.9 Å². The Hall–Kier alpha value is -3.33. The fourth-order valence-electron chi connectivity index (χ4n) is 4.88. The molecule has 0 radical (unpaired) electrons. The quantitative estimate of drug-likeness (QED) is 0.562. The first kappa shape index (κ1) is 20.6. The standard InChI is InChI=1S/C23H24FN5O3/c1-32-20-17(3-2-9-25-20)13-27-10-8-23(14-27)11-19-26-29(22(31)21(30)28(19)15-23)12-16-4-6-18(24)7-5-16/h2-7,9H,8,10-15H2,1H3/t23-/m0/s1. The molecule has 166 valence electrons. The average Bonchev–Trinajstić information content (AvgIpc) is 3.36. The number of rotatable bonds is 5. The highest BCUT2D eigenvalue weighted by Crippen LogP contribution is 2.39. The highest BCUT2D eigenvalue weighted by Gasteiger charge is 2.44. The average molecular weight is 437 g/mol. The van der Waals surface area contributed by atoms with Crippen LogP contribution in [0, 0.1) is 11.2 Å². The molecule has 9 heteroatoms. The van der Waals surface area contributed by atoms with Gasteiger partial charge in [0.05, 0.1) is 13.7 Å². The summed E-state index contributed by atoms with van der Waals surface area (Å²) in [6.45, 7) is 3.05. The molecule has 0 amide bonds. The number of hydrogen-bond acceptors (Lipinski definition) is 6. The lowest BCUT2D eigenvalue weighted by molar-refractivity contribution is 0.243. The molecule has 3 aromatic rings. The van der Waals surface area contributed by atoms with Gasteiger partial charge in [0.25, 0.3) is 0 Å². The van der Waals surface area contributed by atoms with Crippen LogP contribution in [0.15, 0.2) is 52.2 Å². The minimum atomic E-state index is -0.648. The maximum atomic E-state index is 13.2. The Morgan fingerprint density at radius 1 is 1.09 bits per heavy atom. The second kappa shape index (κ2) is 7.98. The number of methoxy groups -OCH3 is 1. The first-order valence-corrected chi connectivity index (χ1v) is 10.6. The smallest absolute Gasteiger partial charge is 0.332 e. The minimum Gasteiger partial charge on any atom is -0.481 e. The zero-order valence-corrected chi connectivity index (χ0v) is 17.8. The summed E-state index contributed by atoms with van der Waals surface area (Å²) in [4.78, 5) is 32.1. The van der Waals surface area contributed by atoms with Crippen LogP contribution in [0.25, 0.3) is 0 Å². The molecule has 0 N–H and O–H groups in total. The summed E-state index contributed by atoms with van der Waals surface area (Å²) in [5.74, 6) is 0.913. The molecule has 1 atom stereocenters. The van der Waals surface area contributed by atoms with Crippen LogP contribution in [0.3, 0.4) is 0 Å². The Bertz CT molecular complexity index is 1270. The molecule has 1 spiro atoms. The second-order valence-corrected chi connectivity index (χ2v) is 8.71. The van der Waals surface area contributed by atoms with Gasteiger partial charge in [0.1, 0.15) is 11.6 Å². The van der Waals surface area contributed by atoms with Crippen molar-refractivity contribution in [3.8, 4) is 5.88 Å². The number of fused-ring (bicyclic) bond motifs is 1. The lowest BCUT2D eigenvalue weighted by Gasteiger charge is -2.23. The van der Waals surface area contributed by atoms with Gasteiger partial charge < -0.3 is 4.74 Å². The largest absolute Gasteiger partial charge is 0.481 e. The number of benzene rings is 1. The Labute approximate surface area is 183 Å². The van der Waals surface area contributed by atoms with Gasteiger partial charge in [-0.1, -0.05) is 18.2 Å². The predicted octanol–water partition coefficient (Wildman–Crippen LogP) is 1.44. The Kier molecular flexibility index (Phi) is 5.13. The maximum Gasteiger partial charge on any atom is 0.332 e. The molecule has 0 bridgehead atoms. The minimum absolute atomic E-state index is 0.115. The van der Waals surface area contributed by atoms with Crippen LogP contribution in [0.4, 0.5) is 4.39 Å². The van der Waals surface area contributed by atoms with E-state index in [4.69, 9.17) is 4.74 Å². The number of aromatic nitrogens is 4. The Morgan fingerprint density at radius 3 is 2.69 bits per heavy atom. The van der Waals surface area contributed by atoms with E-state index in [1.54, 1.807) is 25.4 Å². The molecule has 5 rings (SSSR count). The normalized spacial score (nSPS) is 20.1. The number of ether oxygens (including phenoxy) is 1. The van der Waals surface area contributed by atoms with Crippen molar-refractivity contribution in [3.05, 3.63) is 86.1 Å². The molecule has 4 heterocycles. The number of halogens is 1. The third-order valence-corrected chi connectivity index (χ3v) is 6.44. The summed E-state index contributed by atoms with van der Waals surface area (Å²) in [5, 5.41) is 4.51. The second-order valence-electron chi connectivity index (χ2n) is 8.71. The summed E-state index contributed by atoms with van der Waals surface area (Å²) >= 11 is 0. The van der Waals surface area contributed by atoms with Crippen LogP contribution in [0.5, 0.6) is 5.88 Å². The summed E-state index contributed by atoms with van der Waals surface area (Å²) in [6, 6.07) is 9.76. The SMILES string of the molecule is COc1ncccc1CN1CC[C@]2(Cc3nn(Cc4ccc(F)cc4)c(=O)c(=O)n3C2)C1. The van der Waals surface area contributed by atoms with Crippen LogP contribution in [0.1, 0.15) is 23.4 Å². The van der Waals surface area contributed by atoms with Crippen molar-refractivity contribution in [2.24, 2.45) is 5.41 Å². The van der Waals surface area contributed by atoms with Crippen LogP contribution >= 0.6 is 0 Å². The fourth-order valence-corrected chi connectivity index (χ4v) is 4.88. The monoisotopic (exact) mass is 437 g/mol. The van der Waals surface area contributed by atoms with Gasteiger partial charge in [0.2, 0.25) is 5.88 Å². The lowest BCUT2D eigenvalue weighted by atomic mass is 9.86. The number of nitrogens with zero attached hydrogens (tertiary/aromatic N) is 5. The zero-order valence-electron chi connectivity index (χ0n) is 17.8. The van der Waals surface area contributed by atoms with Crippen LogP contribution in [-0.2, 0) is 26.1 Å². The topological polar surface area (TPSA) is 82.2 Å². The van der Waals surface area contributed by atoms with Crippen molar-refractivity contribution < 1.29 is 9.13 Å². The van der Waals surface area contributed by atoms with Crippen molar-refractivity contribution in [2.45, 2.75) is 32.5 Å². The summed E-state index contributed by atoms with van der Waals surface area (Å²) in [6.07, 6.45) is 3.28. The Morgan fingerprint density at radius 2 is 1.91 bits per heavy atom. The predicted molar refractivity (Wildman–Crippen MR) is 115 cm³/mol. The molecule has 1 fully saturated rings. The van der Waals surface area contributed by atoms with E-state index < -0.39 is 11.1 Å². The van der Waals surface area contributed by atoms with Gasteiger partial charge in [-0.2, -0.15) is 5.10 Å². The highest BCUT2D eigenvalue weighted by molar-refractivity contribution is 5.25. The molecule has 1 aromatic carbocycles. The Balaban J connectivity index is 1.35. The first-order valence-electron chi connectivity index (χ1n) is 10.6. The summed E-state index contributed by atoms with van der Waals surface area (Å²) < 4.78 is 21.3. The third kappa shape index (κ3) is 3.73. The molecule has 2 aliphatic heterocycles. The van der Waals surface area contributed by atoms with Crippen molar-refractivity contribution in [1.82, 2.24) is 24.2 Å². The third-order valence-electron chi connectivity index (χ3n) is 6.44. The van der Waals surface area contributed by atoms with E-state index in [9.17, 15) is 14.0 Å². The van der Waals surface area contributed by atoms with E-state index in [1.165, 1.54) is 21.4 Å².